The molecule has 3 aromatic rings. The Bertz CT molecular complexity index is 1200. The Labute approximate surface area is 191 Å². The van der Waals surface area contributed by atoms with Crippen molar-refractivity contribution in [3.63, 3.8) is 0 Å². The minimum absolute atomic E-state index is 0.156. The van der Waals surface area contributed by atoms with Crippen molar-refractivity contribution < 1.29 is 13.2 Å². The van der Waals surface area contributed by atoms with Gasteiger partial charge in [0.05, 0.1) is 16.6 Å². The largest absolute Gasteiger partial charge is 0.348 e. The molecule has 1 amide bonds. The average molecular weight is 451 g/mol. The molecule has 32 heavy (non-hydrogen) atoms. The van der Waals surface area contributed by atoms with Crippen molar-refractivity contribution in [3.8, 4) is 0 Å². The lowest BCUT2D eigenvalue weighted by Gasteiger charge is -2.27. The van der Waals surface area contributed by atoms with Gasteiger partial charge in [-0.2, -0.15) is 0 Å². The third-order valence-corrected chi connectivity index (χ3v) is 7.47. The van der Waals surface area contributed by atoms with Gasteiger partial charge in [0.2, 0.25) is 5.91 Å². The second kappa shape index (κ2) is 9.57. The Kier molecular flexibility index (Phi) is 7.04. The lowest BCUT2D eigenvalue weighted by Crippen LogP contribution is -2.42. The summed E-state index contributed by atoms with van der Waals surface area (Å²) in [6, 6.07) is 19.8. The molecule has 1 N–H and O–H groups in total. The summed E-state index contributed by atoms with van der Waals surface area (Å²) < 4.78 is 28.4. The molecule has 0 fully saturated rings. The molecular weight excluding hydrogens is 420 g/mol. The van der Waals surface area contributed by atoms with Gasteiger partial charge in [0.1, 0.15) is 6.54 Å². The van der Waals surface area contributed by atoms with Crippen molar-refractivity contribution in [1.29, 1.82) is 0 Å². The molecule has 0 aliphatic carbocycles. The normalized spacial score (nSPS) is 12.3. The van der Waals surface area contributed by atoms with Gasteiger partial charge in [0, 0.05) is 0 Å². The molecule has 1 atom stereocenters. The minimum Gasteiger partial charge on any atom is -0.348 e. The first-order valence-corrected chi connectivity index (χ1v) is 12.0. The zero-order valence-electron chi connectivity index (χ0n) is 19.2. The molecule has 0 aromatic heterocycles. The van der Waals surface area contributed by atoms with Crippen LogP contribution in [0, 0.1) is 27.7 Å². The topological polar surface area (TPSA) is 66.5 Å². The van der Waals surface area contributed by atoms with Gasteiger partial charge in [-0.05, 0) is 69.5 Å². The lowest BCUT2D eigenvalue weighted by molar-refractivity contribution is -0.120. The number of hydrogen-bond acceptors (Lipinski definition) is 3. The van der Waals surface area contributed by atoms with E-state index in [-0.39, 0.29) is 23.4 Å². The maximum absolute atomic E-state index is 13.6. The van der Waals surface area contributed by atoms with Gasteiger partial charge < -0.3 is 5.32 Å². The van der Waals surface area contributed by atoms with E-state index in [0.717, 1.165) is 27.8 Å². The Balaban J connectivity index is 1.94. The average Bonchev–Trinajstić information content (AvgIpc) is 2.75. The second-order valence-corrected chi connectivity index (χ2v) is 10.1. The van der Waals surface area contributed by atoms with Crippen LogP contribution in [-0.2, 0) is 14.8 Å². The second-order valence-electron chi connectivity index (χ2n) is 8.24. The minimum atomic E-state index is -3.94. The summed E-state index contributed by atoms with van der Waals surface area (Å²) in [6.07, 6.45) is 0. The number of sulfonamides is 1. The summed E-state index contributed by atoms with van der Waals surface area (Å²) >= 11 is 0. The molecule has 3 rings (SSSR count). The number of benzene rings is 3. The van der Waals surface area contributed by atoms with Crippen LogP contribution in [0.25, 0.3) is 0 Å². The highest BCUT2D eigenvalue weighted by atomic mass is 32.2. The molecule has 0 aliphatic rings. The Morgan fingerprint density at radius 2 is 1.44 bits per heavy atom. The fourth-order valence-corrected chi connectivity index (χ4v) is 4.98. The van der Waals surface area contributed by atoms with Crippen molar-refractivity contribution in [1.82, 2.24) is 5.32 Å². The number of aryl methyl sites for hydroxylation is 3. The maximum atomic E-state index is 13.6. The maximum Gasteiger partial charge on any atom is 0.264 e. The first kappa shape index (κ1) is 23.5. The number of hydrogen-bond donors (Lipinski definition) is 1. The number of carbonyl (C=O) groups is 1. The van der Waals surface area contributed by atoms with E-state index in [2.05, 4.69) is 5.32 Å². The quantitative estimate of drug-likeness (QED) is 0.551. The molecule has 0 aliphatic heterocycles. The smallest absolute Gasteiger partial charge is 0.264 e. The molecule has 3 aromatic carbocycles. The highest BCUT2D eigenvalue weighted by Gasteiger charge is 2.29. The van der Waals surface area contributed by atoms with Crippen molar-refractivity contribution in [2.45, 2.75) is 45.6 Å². The summed E-state index contributed by atoms with van der Waals surface area (Å²) in [4.78, 5) is 13.1. The molecule has 0 radical (unpaired) electrons. The van der Waals surface area contributed by atoms with Gasteiger partial charge in [-0.3, -0.25) is 9.10 Å². The lowest BCUT2D eigenvalue weighted by atomic mass is 10.1. The molecule has 0 spiro atoms. The standard InChI is InChI=1S/C26H30N2O3S/c1-18-9-13-23(14-10-18)22(5)27-26(29)17-28(25-8-6-7-20(3)21(25)4)32(30,31)24-15-11-19(2)12-16-24/h6-16,22H,17H2,1-5H3,(H,27,29)/t22-/m1/s1. The summed E-state index contributed by atoms with van der Waals surface area (Å²) in [7, 11) is -3.94. The van der Waals surface area contributed by atoms with Crippen LogP contribution in [0.5, 0.6) is 0 Å². The van der Waals surface area contributed by atoms with Crippen LogP contribution in [-0.4, -0.2) is 20.9 Å². The highest BCUT2D eigenvalue weighted by molar-refractivity contribution is 7.92. The van der Waals surface area contributed by atoms with E-state index >= 15 is 0 Å². The third kappa shape index (κ3) is 5.19. The predicted molar refractivity (Wildman–Crippen MR) is 129 cm³/mol. The Morgan fingerprint density at radius 1 is 0.875 bits per heavy atom. The first-order valence-electron chi connectivity index (χ1n) is 10.6. The number of anilines is 1. The van der Waals surface area contributed by atoms with E-state index < -0.39 is 10.0 Å². The molecule has 6 heteroatoms. The van der Waals surface area contributed by atoms with Crippen molar-refractivity contribution in [2.75, 3.05) is 10.8 Å². The molecule has 168 valence electrons. The van der Waals surface area contributed by atoms with Crippen LogP contribution < -0.4 is 9.62 Å². The SMILES string of the molecule is Cc1ccc([C@@H](C)NC(=O)CN(c2cccc(C)c2C)S(=O)(=O)c2ccc(C)cc2)cc1. The van der Waals surface area contributed by atoms with Crippen LogP contribution in [0.3, 0.4) is 0 Å². The van der Waals surface area contributed by atoms with Crippen LogP contribution in [0.4, 0.5) is 5.69 Å². The zero-order valence-corrected chi connectivity index (χ0v) is 20.0. The van der Waals surface area contributed by atoms with E-state index in [0.29, 0.717) is 5.69 Å². The van der Waals surface area contributed by atoms with E-state index in [1.165, 1.54) is 4.31 Å². The fraction of sp³-hybridized carbons (Fsp3) is 0.269. The molecule has 0 unspecified atom stereocenters. The monoisotopic (exact) mass is 450 g/mol. The molecular formula is C26H30N2O3S. The number of rotatable bonds is 7. The van der Waals surface area contributed by atoms with Gasteiger partial charge >= 0.3 is 0 Å². The summed E-state index contributed by atoms with van der Waals surface area (Å²) in [5.41, 5.74) is 5.35. The first-order chi connectivity index (χ1) is 15.1. The summed E-state index contributed by atoms with van der Waals surface area (Å²) in [5, 5.41) is 2.94. The van der Waals surface area contributed by atoms with Crippen LogP contribution >= 0.6 is 0 Å². The van der Waals surface area contributed by atoms with E-state index in [9.17, 15) is 13.2 Å². The molecule has 0 saturated carbocycles. The van der Waals surface area contributed by atoms with E-state index in [4.69, 9.17) is 0 Å². The number of carbonyl (C=O) groups excluding carboxylic acids is 1. The van der Waals surface area contributed by atoms with E-state index in [1.54, 1.807) is 30.3 Å². The van der Waals surface area contributed by atoms with Crippen LogP contribution in [0.15, 0.2) is 71.6 Å². The molecule has 0 saturated heterocycles. The molecule has 0 heterocycles. The van der Waals surface area contributed by atoms with Crippen LogP contribution in [0.2, 0.25) is 0 Å². The van der Waals surface area contributed by atoms with Crippen molar-refractivity contribution in [3.05, 3.63) is 94.5 Å². The summed E-state index contributed by atoms with van der Waals surface area (Å²) in [5.74, 6) is -0.366. The number of amides is 1. The molecule has 5 nitrogen and oxygen atoms in total. The van der Waals surface area contributed by atoms with E-state index in [1.807, 2.05) is 71.0 Å². The number of nitrogens with zero attached hydrogens (tertiary/aromatic N) is 1. The zero-order chi connectivity index (χ0) is 23.5. The van der Waals surface area contributed by atoms with Crippen molar-refractivity contribution >= 4 is 21.6 Å². The third-order valence-electron chi connectivity index (χ3n) is 5.70. The fourth-order valence-electron chi connectivity index (χ4n) is 3.50. The number of nitrogens with one attached hydrogen (secondary N) is 1. The van der Waals surface area contributed by atoms with Gasteiger partial charge in [-0.1, -0.05) is 59.7 Å². The Hall–Kier alpha value is -3.12. The Morgan fingerprint density at radius 3 is 2.03 bits per heavy atom. The molecule has 0 bridgehead atoms. The van der Waals surface area contributed by atoms with Crippen molar-refractivity contribution in [2.24, 2.45) is 0 Å². The highest BCUT2D eigenvalue weighted by Crippen LogP contribution is 2.28. The van der Waals surface area contributed by atoms with Gasteiger partial charge in [0.15, 0.2) is 0 Å². The van der Waals surface area contributed by atoms with Crippen LogP contribution in [0.1, 0.15) is 40.8 Å². The summed E-state index contributed by atoms with van der Waals surface area (Å²) in [6.45, 7) is 9.28. The predicted octanol–water partition coefficient (Wildman–Crippen LogP) is 4.99. The van der Waals surface area contributed by atoms with Gasteiger partial charge in [-0.25, -0.2) is 8.42 Å². The van der Waals surface area contributed by atoms with Gasteiger partial charge in [-0.15, -0.1) is 0 Å². The van der Waals surface area contributed by atoms with Gasteiger partial charge in [0.25, 0.3) is 10.0 Å².